The van der Waals surface area contributed by atoms with Crippen molar-refractivity contribution in [1.82, 2.24) is 0 Å². The molecule has 0 radical (unpaired) electrons. The lowest BCUT2D eigenvalue weighted by molar-refractivity contribution is 0.159. The van der Waals surface area contributed by atoms with Crippen LogP contribution in [0.15, 0.2) is 18.2 Å². The highest BCUT2D eigenvalue weighted by atomic mass is 16.5. The largest absolute Gasteiger partial charge is 0.493 e. The van der Waals surface area contributed by atoms with Gasteiger partial charge in [0.05, 0.1) is 13.2 Å². The van der Waals surface area contributed by atoms with Crippen molar-refractivity contribution in [2.45, 2.75) is 52.9 Å². The Bertz CT molecular complexity index is 432. The number of aryl methyl sites for hydroxylation is 1. The molecule has 21 heavy (non-hydrogen) atoms. The fraction of sp³-hybridized carbons (Fsp3) is 0.588. The third-order valence-electron chi connectivity index (χ3n) is 3.11. The number of ether oxygens (including phenoxy) is 2. The molecule has 0 atom stereocenters. The fourth-order valence-electron chi connectivity index (χ4n) is 1.95. The van der Waals surface area contributed by atoms with Crippen LogP contribution in [-0.2, 0) is 4.74 Å². The van der Waals surface area contributed by atoms with Gasteiger partial charge in [0, 0.05) is 5.69 Å². The van der Waals surface area contributed by atoms with Crippen molar-refractivity contribution in [3.63, 3.8) is 0 Å². The number of hydrogen-bond acceptors (Lipinski definition) is 3. The maximum Gasteiger partial charge on any atom is 0.411 e. The van der Waals surface area contributed by atoms with Crippen molar-refractivity contribution in [1.29, 1.82) is 0 Å². The van der Waals surface area contributed by atoms with E-state index in [-0.39, 0.29) is 0 Å². The Morgan fingerprint density at radius 3 is 2.57 bits per heavy atom. The molecule has 0 bridgehead atoms. The molecule has 1 aromatic rings. The molecule has 0 heterocycles. The average molecular weight is 293 g/mol. The molecule has 1 rings (SSSR count). The standard InChI is InChI=1S/C17H27NO3/c1-4-6-7-8-12-21-17(19)18-15-9-10-16(14(3)13-15)20-11-5-2/h9-10,13H,4-8,11-12H2,1-3H3,(H,18,19). The summed E-state index contributed by atoms with van der Waals surface area (Å²) in [5.74, 6) is 0.857. The average Bonchev–Trinajstić information content (AvgIpc) is 2.46. The van der Waals surface area contributed by atoms with E-state index in [9.17, 15) is 4.79 Å². The molecule has 0 saturated carbocycles. The summed E-state index contributed by atoms with van der Waals surface area (Å²) in [7, 11) is 0. The maximum atomic E-state index is 11.6. The van der Waals surface area contributed by atoms with Crippen LogP contribution in [-0.4, -0.2) is 19.3 Å². The quantitative estimate of drug-likeness (QED) is 0.658. The Morgan fingerprint density at radius 1 is 1.10 bits per heavy atom. The smallest absolute Gasteiger partial charge is 0.411 e. The predicted octanol–water partition coefficient (Wildman–Crippen LogP) is 4.91. The van der Waals surface area contributed by atoms with Gasteiger partial charge in [0.2, 0.25) is 0 Å². The second-order valence-electron chi connectivity index (χ2n) is 5.15. The SMILES string of the molecule is CCCCCCOC(=O)Nc1ccc(OCCC)c(C)c1. The Kier molecular flexibility index (Phi) is 8.32. The van der Waals surface area contributed by atoms with Gasteiger partial charge in [-0.05, 0) is 43.5 Å². The molecule has 0 fully saturated rings. The highest BCUT2D eigenvalue weighted by molar-refractivity contribution is 5.84. The van der Waals surface area contributed by atoms with Crippen molar-refractivity contribution in [2.24, 2.45) is 0 Å². The van der Waals surface area contributed by atoms with Crippen LogP contribution in [0.3, 0.4) is 0 Å². The monoisotopic (exact) mass is 293 g/mol. The summed E-state index contributed by atoms with van der Waals surface area (Å²) in [4.78, 5) is 11.6. The van der Waals surface area contributed by atoms with Crippen molar-refractivity contribution < 1.29 is 14.3 Å². The zero-order valence-corrected chi connectivity index (χ0v) is 13.4. The molecule has 0 aromatic heterocycles. The first-order valence-corrected chi connectivity index (χ1v) is 7.84. The molecule has 1 N–H and O–H groups in total. The normalized spacial score (nSPS) is 10.2. The zero-order valence-electron chi connectivity index (χ0n) is 13.4. The summed E-state index contributed by atoms with van der Waals surface area (Å²) in [6, 6.07) is 5.60. The van der Waals surface area contributed by atoms with E-state index in [0.29, 0.717) is 13.2 Å². The van der Waals surface area contributed by atoms with E-state index < -0.39 is 6.09 Å². The molecule has 1 aromatic carbocycles. The van der Waals surface area contributed by atoms with E-state index in [4.69, 9.17) is 9.47 Å². The zero-order chi connectivity index (χ0) is 15.5. The number of carbonyl (C=O) groups is 1. The van der Waals surface area contributed by atoms with E-state index in [1.54, 1.807) is 0 Å². The number of carbonyl (C=O) groups excluding carboxylic acids is 1. The van der Waals surface area contributed by atoms with Gasteiger partial charge in [-0.1, -0.05) is 33.1 Å². The molecule has 0 aliphatic carbocycles. The third kappa shape index (κ3) is 7.02. The lowest BCUT2D eigenvalue weighted by Gasteiger charge is -2.11. The first-order chi connectivity index (χ1) is 10.2. The number of benzene rings is 1. The summed E-state index contributed by atoms with van der Waals surface area (Å²) in [6.45, 7) is 7.37. The number of unbranched alkanes of at least 4 members (excludes halogenated alkanes) is 3. The van der Waals surface area contributed by atoms with Gasteiger partial charge >= 0.3 is 6.09 Å². The highest BCUT2D eigenvalue weighted by Crippen LogP contribution is 2.22. The molecule has 0 spiro atoms. The summed E-state index contributed by atoms with van der Waals surface area (Å²) in [5.41, 5.74) is 1.74. The van der Waals surface area contributed by atoms with Gasteiger partial charge in [-0.15, -0.1) is 0 Å². The van der Waals surface area contributed by atoms with Gasteiger partial charge in [0.1, 0.15) is 5.75 Å². The van der Waals surface area contributed by atoms with Crippen molar-refractivity contribution >= 4 is 11.8 Å². The number of amides is 1. The molecule has 4 heteroatoms. The topological polar surface area (TPSA) is 47.6 Å². The maximum absolute atomic E-state index is 11.6. The minimum absolute atomic E-state index is 0.395. The summed E-state index contributed by atoms with van der Waals surface area (Å²) in [5, 5.41) is 2.74. The predicted molar refractivity (Wildman–Crippen MR) is 86.1 cm³/mol. The van der Waals surface area contributed by atoms with Crippen LogP contribution in [0.2, 0.25) is 0 Å². The third-order valence-corrected chi connectivity index (χ3v) is 3.11. The Balaban J connectivity index is 2.37. The molecule has 0 saturated heterocycles. The van der Waals surface area contributed by atoms with E-state index in [0.717, 1.165) is 36.3 Å². The Morgan fingerprint density at radius 2 is 1.90 bits per heavy atom. The molecule has 0 aliphatic rings. The van der Waals surface area contributed by atoms with Crippen molar-refractivity contribution in [2.75, 3.05) is 18.5 Å². The van der Waals surface area contributed by atoms with E-state index >= 15 is 0 Å². The molecule has 0 aliphatic heterocycles. The summed E-state index contributed by atoms with van der Waals surface area (Å²) < 4.78 is 10.8. The van der Waals surface area contributed by atoms with E-state index in [1.807, 2.05) is 25.1 Å². The van der Waals surface area contributed by atoms with Gasteiger partial charge in [0.25, 0.3) is 0 Å². The molecular formula is C17H27NO3. The van der Waals surface area contributed by atoms with Gasteiger partial charge in [0.15, 0.2) is 0 Å². The van der Waals surface area contributed by atoms with E-state index in [1.165, 1.54) is 12.8 Å². The van der Waals surface area contributed by atoms with Gasteiger partial charge < -0.3 is 9.47 Å². The summed E-state index contributed by atoms with van der Waals surface area (Å²) >= 11 is 0. The number of hydrogen-bond donors (Lipinski definition) is 1. The van der Waals surface area contributed by atoms with Crippen LogP contribution in [0.5, 0.6) is 5.75 Å². The molecule has 118 valence electrons. The first kappa shape index (κ1) is 17.3. The molecule has 1 amide bonds. The number of nitrogens with one attached hydrogen (secondary N) is 1. The second kappa shape index (κ2) is 10.1. The van der Waals surface area contributed by atoms with Crippen LogP contribution in [0.25, 0.3) is 0 Å². The first-order valence-electron chi connectivity index (χ1n) is 7.84. The molecular weight excluding hydrogens is 266 g/mol. The second-order valence-corrected chi connectivity index (χ2v) is 5.15. The van der Waals surface area contributed by atoms with Crippen LogP contribution < -0.4 is 10.1 Å². The Hall–Kier alpha value is -1.71. The van der Waals surface area contributed by atoms with Crippen LogP contribution in [0, 0.1) is 6.92 Å². The van der Waals surface area contributed by atoms with Crippen molar-refractivity contribution in [3.05, 3.63) is 23.8 Å². The molecule has 0 unspecified atom stereocenters. The van der Waals surface area contributed by atoms with E-state index in [2.05, 4.69) is 19.2 Å². The fourth-order valence-corrected chi connectivity index (χ4v) is 1.95. The Labute approximate surface area is 127 Å². The number of rotatable bonds is 9. The molecule has 4 nitrogen and oxygen atoms in total. The highest BCUT2D eigenvalue weighted by Gasteiger charge is 2.05. The van der Waals surface area contributed by atoms with Crippen LogP contribution in [0.4, 0.5) is 10.5 Å². The minimum Gasteiger partial charge on any atom is -0.493 e. The lowest BCUT2D eigenvalue weighted by atomic mass is 10.2. The lowest BCUT2D eigenvalue weighted by Crippen LogP contribution is -2.14. The van der Waals surface area contributed by atoms with Crippen molar-refractivity contribution in [3.8, 4) is 5.75 Å². The summed E-state index contributed by atoms with van der Waals surface area (Å²) in [6.07, 6.45) is 4.97. The van der Waals surface area contributed by atoms with Gasteiger partial charge in [-0.3, -0.25) is 5.32 Å². The van der Waals surface area contributed by atoms with Crippen LogP contribution in [0.1, 0.15) is 51.5 Å². The number of anilines is 1. The van der Waals surface area contributed by atoms with Gasteiger partial charge in [-0.2, -0.15) is 0 Å². The minimum atomic E-state index is -0.395. The van der Waals surface area contributed by atoms with Gasteiger partial charge in [-0.25, -0.2) is 4.79 Å². The van der Waals surface area contributed by atoms with Crippen LogP contribution >= 0.6 is 0 Å².